The van der Waals surface area contributed by atoms with Crippen molar-refractivity contribution in [2.24, 2.45) is 5.16 Å². The highest BCUT2D eigenvalue weighted by molar-refractivity contribution is 6.34. The zero-order valence-electron chi connectivity index (χ0n) is 7.88. The Hall–Kier alpha value is -1.59. The van der Waals surface area contributed by atoms with Crippen LogP contribution in [0, 0.1) is 0 Å². The molecule has 0 spiro atoms. The molecule has 0 amide bonds. The van der Waals surface area contributed by atoms with Crippen LogP contribution in [0.1, 0.15) is 5.69 Å². The van der Waals surface area contributed by atoms with E-state index in [9.17, 15) is 0 Å². The summed E-state index contributed by atoms with van der Waals surface area (Å²) in [4.78, 5) is 0. The second kappa shape index (κ2) is 4.51. The topological polar surface area (TPSA) is 63.3 Å². The zero-order chi connectivity index (χ0) is 11.5. The molecule has 0 unspecified atom stereocenters. The van der Waals surface area contributed by atoms with Crippen molar-refractivity contribution in [1.82, 2.24) is 15.0 Å². The zero-order valence-corrected chi connectivity index (χ0v) is 9.39. The molecule has 16 heavy (non-hydrogen) atoms. The molecule has 0 atom stereocenters. The van der Waals surface area contributed by atoms with Crippen LogP contribution in [0.2, 0.25) is 10.0 Å². The van der Waals surface area contributed by atoms with Gasteiger partial charge in [-0.05, 0) is 18.2 Å². The van der Waals surface area contributed by atoms with Gasteiger partial charge in [-0.1, -0.05) is 33.6 Å². The predicted octanol–water partition coefficient (Wildman–Crippen LogP) is 2.38. The second-order valence-electron chi connectivity index (χ2n) is 2.93. The van der Waals surface area contributed by atoms with Gasteiger partial charge in [0.2, 0.25) is 0 Å². The number of nitrogens with zero attached hydrogens (tertiary/aromatic N) is 4. The molecule has 82 valence electrons. The number of halogens is 2. The number of oxime groups is 1. The van der Waals surface area contributed by atoms with E-state index in [1.54, 1.807) is 24.4 Å². The Morgan fingerprint density at radius 3 is 2.94 bits per heavy atom. The average Bonchev–Trinajstić information content (AvgIpc) is 2.71. The summed E-state index contributed by atoms with van der Waals surface area (Å²) in [6, 6.07) is 5.01. The lowest BCUT2D eigenvalue weighted by Gasteiger charge is -2.02. The molecule has 0 aliphatic carbocycles. The number of rotatable bonds is 2. The molecule has 0 radical (unpaired) electrons. The highest BCUT2D eigenvalue weighted by Gasteiger charge is 2.06. The summed E-state index contributed by atoms with van der Waals surface area (Å²) in [5.41, 5.74) is 1.03. The minimum absolute atomic E-state index is 0.415. The standard InChI is InChI=1S/C9H6Cl2N4O/c10-6-1-2-8(11)9(3-6)15-5-7(4-12-16)13-14-15/h1-5,16H/b12-4+. The Balaban J connectivity index is 2.45. The third kappa shape index (κ3) is 2.15. The lowest BCUT2D eigenvalue weighted by atomic mass is 10.3. The summed E-state index contributed by atoms with van der Waals surface area (Å²) in [7, 11) is 0. The van der Waals surface area contributed by atoms with Crippen LogP contribution in [0.5, 0.6) is 0 Å². The van der Waals surface area contributed by atoms with Crippen molar-refractivity contribution in [3.8, 4) is 5.69 Å². The maximum absolute atomic E-state index is 8.34. The van der Waals surface area contributed by atoms with Gasteiger partial charge >= 0.3 is 0 Å². The monoisotopic (exact) mass is 256 g/mol. The molecule has 0 saturated heterocycles. The maximum atomic E-state index is 8.34. The van der Waals surface area contributed by atoms with Crippen LogP contribution in [0.3, 0.4) is 0 Å². The average molecular weight is 257 g/mol. The first kappa shape index (κ1) is 10.9. The predicted molar refractivity (Wildman–Crippen MR) is 60.8 cm³/mol. The number of hydrogen-bond acceptors (Lipinski definition) is 4. The van der Waals surface area contributed by atoms with E-state index in [2.05, 4.69) is 15.5 Å². The molecule has 1 aromatic carbocycles. The summed E-state index contributed by atoms with van der Waals surface area (Å²) < 4.78 is 1.45. The molecule has 0 bridgehead atoms. The van der Waals surface area contributed by atoms with E-state index in [0.717, 1.165) is 0 Å². The van der Waals surface area contributed by atoms with Crippen molar-refractivity contribution >= 4 is 29.4 Å². The first-order chi connectivity index (χ1) is 7.70. The van der Waals surface area contributed by atoms with E-state index in [4.69, 9.17) is 28.4 Å². The van der Waals surface area contributed by atoms with Crippen LogP contribution < -0.4 is 0 Å². The number of hydrogen-bond donors (Lipinski definition) is 1. The fraction of sp³-hybridized carbons (Fsp3) is 0. The molecule has 7 heteroatoms. The second-order valence-corrected chi connectivity index (χ2v) is 3.77. The summed E-state index contributed by atoms with van der Waals surface area (Å²) >= 11 is 11.8. The number of aromatic nitrogens is 3. The molecule has 0 fully saturated rings. The summed E-state index contributed by atoms with van der Waals surface area (Å²) in [6.45, 7) is 0. The molecular weight excluding hydrogens is 251 g/mol. The molecule has 5 nitrogen and oxygen atoms in total. The van der Waals surface area contributed by atoms with Gasteiger partial charge < -0.3 is 5.21 Å². The van der Waals surface area contributed by atoms with Gasteiger partial charge in [-0.15, -0.1) is 5.10 Å². The van der Waals surface area contributed by atoms with Crippen LogP contribution in [0.4, 0.5) is 0 Å². The lowest BCUT2D eigenvalue weighted by Crippen LogP contribution is -1.95. The van der Waals surface area contributed by atoms with Crippen molar-refractivity contribution in [2.75, 3.05) is 0 Å². The van der Waals surface area contributed by atoms with Crippen LogP contribution in [0.15, 0.2) is 29.6 Å². The fourth-order valence-corrected chi connectivity index (χ4v) is 1.54. The van der Waals surface area contributed by atoms with Crippen molar-refractivity contribution < 1.29 is 5.21 Å². The van der Waals surface area contributed by atoms with Gasteiger partial charge in [0, 0.05) is 5.02 Å². The number of benzene rings is 1. The maximum Gasteiger partial charge on any atom is 0.127 e. The van der Waals surface area contributed by atoms with Crippen molar-refractivity contribution in [3.05, 3.63) is 40.1 Å². The van der Waals surface area contributed by atoms with Crippen LogP contribution >= 0.6 is 23.2 Å². The highest BCUT2D eigenvalue weighted by atomic mass is 35.5. The third-order valence-corrected chi connectivity index (χ3v) is 2.41. The molecule has 0 aliphatic heterocycles. The van der Waals surface area contributed by atoms with Crippen LogP contribution in [-0.4, -0.2) is 26.4 Å². The van der Waals surface area contributed by atoms with E-state index < -0.39 is 0 Å². The molecule has 2 aromatic rings. The third-order valence-electron chi connectivity index (χ3n) is 1.86. The lowest BCUT2D eigenvalue weighted by molar-refractivity contribution is 0.321. The fourth-order valence-electron chi connectivity index (χ4n) is 1.17. The molecule has 0 aliphatic rings. The summed E-state index contributed by atoms with van der Waals surface area (Å²) in [5, 5.41) is 19.8. The van der Waals surface area contributed by atoms with E-state index in [0.29, 0.717) is 21.4 Å². The highest BCUT2D eigenvalue weighted by Crippen LogP contribution is 2.23. The van der Waals surface area contributed by atoms with Crippen molar-refractivity contribution in [1.29, 1.82) is 0 Å². The van der Waals surface area contributed by atoms with Crippen molar-refractivity contribution in [2.45, 2.75) is 0 Å². The molecular formula is C9H6Cl2N4O. The Labute approximate surface area is 101 Å². The largest absolute Gasteiger partial charge is 0.411 e. The smallest absolute Gasteiger partial charge is 0.127 e. The quantitative estimate of drug-likeness (QED) is 0.510. The van der Waals surface area contributed by atoms with Gasteiger partial charge in [0.05, 0.1) is 23.1 Å². The minimum atomic E-state index is 0.415. The van der Waals surface area contributed by atoms with Gasteiger partial charge in [0.1, 0.15) is 5.69 Å². The van der Waals surface area contributed by atoms with Crippen molar-refractivity contribution in [3.63, 3.8) is 0 Å². The Bertz CT molecular complexity index is 538. The molecule has 2 rings (SSSR count). The molecule has 1 N–H and O–H groups in total. The van der Waals surface area contributed by atoms with Crippen LogP contribution in [0.25, 0.3) is 5.69 Å². The molecule has 0 saturated carbocycles. The van der Waals surface area contributed by atoms with Gasteiger partial charge in [-0.25, -0.2) is 4.68 Å². The van der Waals surface area contributed by atoms with Gasteiger partial charge in [-0.2, -0.15) is 0 Å². The van der Waals surface area contributed by atoms with E-state index >= 15 is 0 Å². The Morgan fingerprint density at radius 2 is 2.19 bits per heavy atom. The summed E-state index contributed by atoms with van der Waals surface area (Å²) in [5.74, 6) is 0. The molecule has 1 heterocycles. The first-order valence-corrected chi connectivity index (χ1v) is 5.01. The Kier molecular flexibility index (Phi) is 3.07. The van der Waals surface area contributed by atoms with Gasteiger partial charge in [0.25, 0.3) is 0 Å². The van der Waals surface area contributed by atoms with Gasteiger partial charge in [0.15, 0.2) is 0 Å². The Morgan fingerprint density at radius 1 is 1.38 bits per heavy atom. The van der Waals surface area contributed by atoms with E-state index in [1.807, 2.05) is 0 Å². The van der Waals surface area contributed by atoms with E-state index in [1.165, 1.54) is 10.9 Å². The molecule has 1 aromatic heterocycles. The normalized spacial score (nSPS) is 11.1. The SMILES string of the molecule is O/N=C/c1cn(-c2cc(Cl)ccc2Cl)nn1. The van der Waals surface area contributed by atoms with Gasteiger partial charge in [-0.3, -0.25) is 0 Å². The summed E-state index contributed by atoms with van der Waals surface area (Å²) in [6.07, 6.45) is 2.74. The van der Waals surface area contributed by atoms with Crippen LogP contribution in [-0.2, 0) is 0 Å². The first-order valence-electron chi connectivity index (χ1n) is 4.26. The minimum Gasteiger partial charge on any atom is -0.411 e. The van der Waals surface area contributed by atoms with E-state index in [-0.39, 0.29) is 0 Å².